The van der Waals surface area contributed by atoms with Crippen LogP contribution in [0.1, 0.15) is 57.7 Å². The number of hydrogen-bond acceptors (Lipinski definition) is 3. The first-order valence-electron chi connectivity index (χ1n) is 7.54. The van der Waals surface area contributed by atoms with Crippen LogP contribution in [0.5, 0.6) is 5.88 Å². The Morgan fingerprint density at radius 2 is 2.14 bits per heavy atom. The van der Waals surface area contributed by atoms with Gasteiger partial charge in [0.15, 0.2) is 0 Å². The first-order valence-corrected chi connectivity index (χ1v) is 8.69. The number of aromatic nitrogens is 1. The fraction of sp³-hybridized carbons (Fsp3) is 0.688. The van der Waals surface area contributed by atoms with Gasteiger partial charge in [0.05, 0.1) is 22.3 Å². The molecule has 0 amide bonds. The summed E-state index contributed by atoms with van der Waals surface area (Å²) >= 11 is 0. The molecule has 2 rings (SSSR count). The van der Waals surface area contributed by atoms with Gasteiger partial charge < -0.3 is 4.74 Å². The highest BCUT2D eigenvalue weighted by Crippen LogP contribution is 2.30. The van der Waals surface area contributed by atoms with E-state index in [4.69, 9.17) is 4.74 Å². The zero-order valence-corrected chi connectivity index (χ0v) is 14.4. The van der Waals surface area contributed by atoms with Crippen LogP contribution in [-0.4, -0.2) is 20.5 Å². The third-order valence-electron chi connectivity index (χ3n) is 3.54. The Balaban J connectivity index is 1.99. The fourth-order valence-corrected chi connectivity index (χ4v) is 2.67. The van der Waals surface area contributed by atoms with Crippen LogP contribution in [0.3, 0.4) is 0 Å². The first kappa shape index (κ1) is 16.4. The Bertz CT molecular complexity index is 521. The number of rotatable bonds is 6. The average molecular weight is 310 g/mol. The van der Waals surface area contributed by atoms with Crippen molar-refractivity contribution in [2.45, 2.75) is 58.2 Å². The molecule has 118 valence electrons. The van der Waals surface area contributed by atoms with E-state index in [1.807, 2.05) is 40.8 Å². The quantitative estimate of drug-likeness (QED) is 0.877. The third-order valence-corrected chi connectivity index (χ3v) is 5.22. The maximum absolute atomic E-state index is 12.1. The van der Waals surface area contributed by atoms with Crippen molar-refractivity contribution < 1.29 is 8.95 Å². The minimum atomic E-state index is -1.09. The molecule has 1 saturated carbocycles. The van der Waals surface area contributed by atoms with Crippen LogP contribution in [0.15, 0.2) is 12.3 Å². The SMILES string of the molecule is Cc1cc([C@@H](C)NS(=O)C(C)(C)C)cnc1OCC1CC1. The maximum Gasteiger partial charge on any atom is 0.216 e. The lowest BCUT2D eigenvalue weighted by molar-refractivity contribution is 0.286. The van der Waals surface area contributed by atoms with Crippen molar-refractivity contribution in [1.82, 2.24) is 9.71 Å². The van der Waals surface area contributed by atoms with Crippen LogP contribution in [0.2, 0.25) is 0 Å². The van der Waals surface area contributed by atoms with Gasteiger partial charge in [0, 0.05) is 17.8 Å². The van der Waals surface area contributed by atoms with Gasteiger partial charge in [-0.25, -0.2) is 13.9 Å². The molecule has 2 atom stereocenters. The predicted octanol–water partition coefficient (Wildman–Crippen LogP) is 3.29. The molecule has 0 bridgehead atoms. The Labute approximate surface area is 130 Å². The Kier molecular flexibility index (Phi) is 5.04. The van der Waals surface area contributed by atoms with E-state index in [2.05, 4.69) is 15.8 Å². The summed E-state index contributed by atoms with van der Waals surface area (Å²) in [5, 5.41) is 0. The van der Waals surface area contributed by atoms with E-state index < -0.39 is 11.0 Å². The van der Waals surface area contributed by atoms with E-state index in [9.17, 15) is 4.21 Å². The van der Waals surface area contributed by atoms with Gasteiger partial charge in [-0.15, -0.1) is 0 Å². The average Bonchev–Trinajstić information content (AvgIpc) is 3.20. The summed E-state index contributed by atoms with van der Waals surface area (Å²) in [5.74, 6) is 1.44. The molecular weight excluding hydrogens is 284 g/mol. The molecule has 1 aromatic heterocycles. The molecule has 5 heteroatoms. The number of nitrogens with one attached hydrogen (secondary N) is 1. The highest BCUT2D eigenvalue weighted by molar-refractivity contribution is 7.84. The predicted molar refractivity (Wildman–Crippen MR) is 86.6 cm³/mol. The second-order valence-corrected chi connectivity index (χ2v) is 8.86. The number of ether oxygens (including phenoxy) is 1. The summed E-state index contributed by atoms with van der Waals surface area (Å²) in [5.41, 5.74) is 2.06. The minimum absolute atomic E-state index is 0.00580. The van der Waals surface area contributed by atoms with E-state index in [1.165, 1.54) is 12.8 Å². The smallest absolute Gasteiger partial charge is 0.216 e. The molecule has 21 heavy (non-hydrogen) atoms. The van der Waals surface area contributed by atoms with Crippen LogP contribution in [0.4, 0.5) is 0 Å². The van der Waals surface area contributed by atoms with Gasteiger partial charge in [0.1, 0.15) is 0 Å². The molecule has 0 saturated heterocycles. The molecule has 0 aliphatic heterocycles. The Morgan fingerprint density at radius 3 is 2.67 bits per heavy atom. The second kappa shape index (κ2) is 6.44. The third kappa shape index (κ3) is 4.78. The van der Waals surface area contributed by atoms with Crippen LogP contribution in [0.25, 0.3) is 0 Å². The van der Waals surface area contributed by atoms with Gasteiger partial charge in [0.25, 0.3) is 0 Å². The van der Waals surface area contributed by atoms with Gasteiger partial charge in [0.2, 0.25) is 5.88 Å². The number of pyridine rings is 1. The molecule has 0 radical (unpaired) electrons. The molecule has 1 heterocycles. The van der Waals surface area contributed by atoms with Gasteiger partial charge in [-0.2, -0.15) is 0 Å². The summed E-state index contributed by atoms with van der Waals surface area (Å²) < 4.78 is 20.7. The number of aryl methyl sites for hydroxylation is 1. The zero-order valence-electron chi connectivity index (χ0n) is 13.6. The minimum Gasteiger partial charge on any atom is -0.477 e. The van der Waals surface area contributed by atoms with E-state index in [1.54, 1.807) is 0 Å². The van der Waals surface area contributed by atoms with Crippen LogP contribution in [-0.2, 0) is 11.0 Å². The van der Waals surface area contributed by atoms with Gasteiger partial charge in [-0.3, -0.25) is 0 Å². The van der Waals surface area contributed by atoms with E-state index in [0.29, 0.717) is 0 Å². The number of hydrogen-bond donors (Lipinski definition) is 1. The van der Waals surface area contributed by atoms with Crippen molar-refractivity contribution in [2.24, 2.45) is 5.92 Å². The van der Waals surface area contributed by atoms with E-state index in [0.717, 1.165) is 29.5 Å². The molecule has 1 unspecified atom stereocenters. The normalized spacial score (nSPS) is 18.3. The molecule has 1 aromatic rings. The van der Waals surface area contributed by atoms with Crippen molar-refractivity contribution in [3.05, 3.63) is 23.4 Å². The number of nitrogens with zero attached hydrogens (tertiary/aromatic N) is 1. The maximum atomic E-state index is 12.1. The lowest BCUT2D eigenvalue weighted by atomic mass is 10.1. The van der Waals surface area contributed by atoms with Gasteiger partial charge in [-0.1, -0.05) is 0 Å². The molecule has 4 nitrogen and oxygen atoms in total. The molecule has 1 aliphatic rings. The summed E-state index contributed by atoms with van der Waals surface area (Å²) in [7, 11) is -1.09. The van der Waals surface area contributed by atoms with Crippen molar-refractivity contribution in [3.63, 3.8) is 0 Å². The van der Waals surface area contributed by atoms with E-state index >= 15 is 0 Å². The van der Waals surface area contributed by atoms with Crippen LogP contribution >= 0.6 is 0 Å². The van der Waals surface area contributed by atoms with Crippen molar-refractivity contribution in [2.75, 3.05) is 6.61 Å². The molecule has 0 aromatic carbocycles. The molecule has 0 spiro atoms. The van der Waals surface area contributed by atoms with Crippen molar-refractivity contribution >= 4 is 11.0 Å². The Morgan fingerprint density at radius 1 is 1.48 bits per heavy atom. The highest BCUT2D eigenvalue weighted by Gasteiger charge is 2.23. The summed E-state index contributed by atoms with van der Waals surface area (Å²) in [4.78, 5) is 4.41. The summed E-state index contributed by atoms with van der Waals surface area (Å²) in [6.07, 6.45) is 4.36. The summed E-state index contributed by atoms with van der Waals surface area (Å²) in [6, 6.07) is 2.06. The molecular formula is C16H26N2O2S. The first-order chi connectivity index (χ1) is 9.77. The zero-order chi connectivity index (χ0) is 15.6. The van der Waals surface area contributed by atoms with Crippen LogP contribution in [0, 0.1) is 12.8 Å². The van der Waals surface area contributed by atoms with Crippen molar-refractivity contribution in [1.29, 1.82) is 0 Å². The lowest BCUT2D eigenvalue weighted by Crippen LogP contribution is -2.34. The largest absolute Gasteiger partial charge is 0.477 e. The molecule has 1 N–H and O–H groups in total. The van der Waals surface area contributed by atoms with Crippen LogP contribution < -0.4 is 9.46 Å². The fourth-order valence-electron chi connectivity index (χ4n) is 1.86. The summed E-state index contributed by atoms with van der Waals surface area (Å²) in [6.45, 7) is 10.7. The topological polar surface area (TPSA) is 51.2 Å². The second-order valence-electron chi connectivity index (χ2n) is 6.87. The Hall–Kier alpha value is -0.940. The molecule has 1 fully saturated rings. The lowest BCUT2D eigenvalue weighted by Gasteiger charge is -2.22. The monoisotopic (exact) mass is 310 g/mol. The van der Waals surface area contributed by atoms with Crippen molar-refractivity contribution in [3.8, 4) is 5.88 Å². The molecule has 1 aliphatic carbocycles. The van der Waals surface area contributed by atoms with Gasteiger partial charge >= 0.3 is 0 Å². The van der Waals surface area contributed by atoms with Gasteiger partial charge in [-0.05, 0) is 65.0 Å². The standard InChI is InChI=1S/C16H26N2O2S/c1-11-8-14(12(2)18-21(19)16(3,4)5)9-17-15(11)20-10-13-6-7-13/h8-9,12-13,18H,6-7,10H2,1-5H3/t12-,21?/m1/s1. The van der Waals surface area contributed by atoms with E-state index in [-0.39, 0.29) is 10.8 Å². The highest BCUT2D eigenvalue weighted by atomic mass is 32.2.